The molecule has 1 amide bonds. The predicted molar refractivity (Wildman–Crippen MR) is 70.9 cm³/mol. The van der Waals surface area contributed by atoms with Crippen molar-refractivity contribution in [2.45, 2.75) is 20.8 Å². The van der Waals surface area contributed by atoms with Crippen molar-refractivity contribution in [1.82, 2.24) is 9.45 Å². The number of hydrazone groups is 1. The van der Waals surface area contributed by atoms with Crippen LogP contribution in [0.15, 0.2) is 5.10 Å². The molecule has 0 radical (unpaired) electrons. The van der Waals surface area contributed by atoms with Gasteiger partial charge in [0.2, 0.25) is 5.91 Å². The lowest BCUT2D eigenvalue weighted by Gasteiger charge is -2.28. The van der Waals surface area contributed by atoms with Gasteiger partial charge in [0.1, 0.15) is 0 Å². The Labute approximate surface area is 100 Å². The zero-order valence-electron chi connectivity index (χ0n) is 9.43. The fourth-order valence-electron chi connectivity index (χ4n) is 1.15. The predicted octanol–water partition coefficient (Wildman–Crippen LogP) is 2.78. The van der Waals surface area contributed by atoms with Crippen molar-refractivity contribution in [1.29, 1.82) is 0 Å². The van der Waals surface area contributed by atoms with E-state index in [0.717, 1.165) is 17.5 Å². The van der Waals surface area contributed by atoms with Crippen molar-refractivity contribution in [2.24, 2.45) is 5.10 Å². The lowest BCUT2D eigenvalue weighted by Crippen LogP contribution is -2.25. The van der Waals surface area contributed by atoms with Crippen LogP contribution in [0.25, 0.3) is 0 Å². The van der Waals surface area contributed by atoms with E-state index in [9.17, 15) is 4.79 Å². The van der Waals surface area contributed by atoms with Crippen LogP contribution < -0.4 is 0 Å². The smallest absolute Gasteiger partial charge is 0.244 e. The van der Waals surface area contributed by atoms with Crippen molar-refractivity contribution in [3.8, 4) is 0 Å². The van der Waals surface area contributed by atoms with Gasteiger partial charge in [0.05, 0.1) is 0 Å². The highest BCUT2D eigenvalue weighted by atomic mass is 32.7. The summed E-state index contributed by atoms with van der Waals surface area (Å²) in [5.74, 6) is 0.0320. The Morgan fingerprint density at radius 3 is 2.60 bits per heavy atom. The van der Waals surface area contributed by atoms with Crippen molar-refractivity contribution < 1.29 is 4.79 Å². The number of hydrogen-bond donors (Lipinski definition) is 0. The highest BCUT2D eigenvalue weighted by molar-refractivity contribution is 8.69. The van der Waals surface area contributed by atoms with Crippen LogP contribution in [0.1, 0.15) is 20.8 Å². The van der Waals surface area contributed by atoms with Crippen LogP contribution in [0.2, 0.25) is 0 Å². The third kappa shape index (κ3) is 3.09. The van der Waals surface area contributed by atoms with Crippen molar-refractivity contribution in [3.63, 3.8) is 0 Å². The second-order valence-corrected chi connectivity index (χ2v) is 7.46. The Morgan fingerprint density at radius 1 is 1.60 bits per heavy atom. The number of rotatable bonds is 3. The van der Waals surface area contributed by atoms with Gasteiger partial charge in [-0.05, 0) is 17.6 Å². The topological polar surface area (TPSA) is 35.9 Å². The number of carbonyl (C=O) groups is 1. The molecule has 0 aromatic carbocycles. The summed E-state index contributed by atoms with van der Waals surface area (Å²) in [5, 5.41) is 4.32. The SMILES string of the molecule is CCN(CC)P1SC(SC)=NN1C(C)=O. The minimum atomic E-state index is -0.648. The maximum absolute atomic E-state index is 11.4. The van der Waals surface area contributed by atoms with E-state index in [4.69, 9.17) is 0 Å². The van der Waals surface area contributed by atoms with Crippen LogP contribution in [0.3, 0.4) is 0 Å². The molecule has 0 saturated carbocycles. The van der Waals surface area contributed by atoms with Gasteiger partial charge in [-0.2, -0.15) is 9.88 Å². The Bertz CT molecular complexity index is 271. The number of carbonyl (C=O) groups excluding carboxylic acids is 1. The summed E-state index contributed by atoms with van der Waals surface area (Å²) in [6, 6.07) is 0. The maximum atomic E-state index is 11.4. The summed E-state index contributed by atoms with van der Waals surface area (Å²) in [6.45, 7) is 7.71. The molecule has 15 heavy (non-hydrogen) atoms. The van der Waals surface area contributed by atoms with Crippen molar-refractivity contribution in [3.05, 3.63) is 0 Å². The highest BCUT2D eigenvalue weighted by Crippen LogP contribution is 2.61. The molecule has 0 spiro atoms. The number of thioether (sulfide) groups is 1. The Morgan fingerprint density at radius 2 is 2.20 bits per heavy atom. The van der Waals surface area contributed by atoms with Crippen LogP contribution in [0.4, 0.5) is 0 Å². The van der Waals surface area contributed by atoms with Gasteiger partial charge in [-0.25, -0.2) is 0 Å². The summed E-state index contributed by atoms with van der Waals surface area (Å²) in [6.07, 6.45) is 1.99. The van der Waals surface area contributed by atoms with Crippen molar-refractivity contribution in [2.75, 3.05) is 19.3 Å². The molecule has 1 atom stereocenters. The van der Waals surface area contributed by atoms with Crippen LogP contribution in [0, 0.1) is 0 Å². The summed E-state index contributed by atoms with van der Waals surface area (Å²) in [4.78, 5) is 11.4. The molecule has 7 heteroatoms. The number of hydrogen-bond acceptors (Lipinski definition) is 5. The lowest BCUT2D eigenvalue weighted by molar-refractivity contribution is -0.124. The minimum Gasteiger partial charge on any atom is -0.273 e. The van der Waals surface area contributed by atoms with Gasteiger partial charge < -0.3 is 0 Å². The molecule has 0 saturated heterocycles. The van der Waals surface area contributed by atoms with Gasteiger partial charge in [-0.15, -0.1) is 11.8 Å². The molecule has 0 N–H and O–H groups in total. The van der Waals surface area contributed by atoms with Crippen LogP contribution in [0.5, 0.6) is 0 Å². The Kier molecular flexibility index (Phi) is 5.39. The third-order valence-corrected chi connectivity index (χ3v) is 7.79. The standard InChI is InChI=1S/C8H16N3OPS2/c1-5-10(6-2)13-11(7(3)12)9-8(14-4)15-13/h5-6H2,1-4H3. The molecule has 0 bridgehead atoms. The molecule has 1 rings (SSSR count). The molecule has 1 aliphatic rings. The zero-order valence-corrected chi connectivity index (χ0v) is 12.0. The lowest BCUT2D eigenvalue weighted by atomic mass is 10.7. The minimum absolute atomic E-state index is 0.0320. The summed E-state index contributed by atoms with van der Waals surface area (Å²) < 4.78 is 4.91. The second kappa shape index (κ2) is 6.09. The van der Waals surface area contributed by atoms with Crippen molar-refractivity contribution >= 4 is 40.9 Å². The maximum Gasteiger partial charge on any atom is 0.244 e. The fourth-order valence-corrected chi connectivity index (χ4v) is 6.84. The monoisotopic (exact) mass is 265 g/mol. The van der Waals surface area contributed by atoms with Gasteiger partial charge in [0, 0.05) is 20.0 Å². The molecule has 86 valence electrons. The van der Waals surface area contributed by atoms with Gasteiger partial charge in [-0.3, -0.25) is 9.46 Å². The van der Waals surface area contributed by atoms with E-state index in [1.807, 2.05) is 6.26 Å². The number of amides is 1. The Hall–Kier alpha value is 0.230. The first-order valence-corrected chi connectivity index (χ1v) is 8.69. The third-order valence-electron chi connectivity index (χ3n) is 1.93. The molecule has 4 nitrogen and oxygen atoms in total. The molecule has 0 aromatic heterocycles. The first-order chi connectivity index (χ1) is 7.13. The average molecular weight is 265 g/mol. The summed E-state index contributed by atoms with van der Waals surface area (Å²) >= 11 is 3.32. The molecule has 0 fully saturated rings. The first-order valence-electron chi connectivity index (χ1n) is 4.80. The molecule has 0 aliphatic carbocycles. The van der Waals surface area contributed by atoms with Gasteiger partial charge in [0.15, 0.2) is 11.8 Å². The van der Waals surface area contributed by atoms with Crippen LogP contribution >= 0.6 is 30.6 Å². The largest absolute Gasteiger partial charge is 0.273 e. The molecule has 1 heterocycles. The van der Waals surface area contributed by atoms with Gasteiger partial charge >= 0.3 is 0 Å². The molecule has 1 unspecified atom stereocenters. The van der Waals surface area contributed by atoms with Crippen LogP contribution in [-0.4, -0.2) is 39.1 Å². The van der Waals surface area contributed by atoms with E-state index in [1.165, 1.54) is 0 Å². The first kappa shape index (κ1) is 13.3. The molecular formula is C8H16N3OPS2. The van der Waals surface area contributed by atoms with E-state index in [-0.39, 0.29) is 5.91 Å². The van der Waals surface area contributed by atoms with Gasteiger partial charge in [0.25, 0.3) is 0 Å². The van der Waals surface area contributed by atoms with E-state index in [0.29, 0.717) is 0 Å². The average Bonchev–Trinajstić information content (AvgIpc) is 2.64. The van der Waals surface area contributed by atoms with E-state index >= 15 is 0 Å². The van der Waals surface area contributed by atoms with E-state index in [2.05, 4.69) is 23.6 Å². The van der Waals surface area contributed by atoms with E-state index in [1.54, 1.807) is 34.8 Å². The second-order valence-electron chi connectivity index (χ2n) is 2.86. The summed E-state index contributed by atoms with van der Waals surface area (Å²) in [7, 11) is -0.648. The fraction of sp³-hybridized carbons (Fsp3) is 0.750. The summed E-state index contributed by atoms with van der Waals surface area (Å²) in [5.41, 5.74) is 0. The van der Waals surface area contributed by atoms with Gasteiger partial charge in [-0.1, -0.05) is 13.8 Å². The normalized spacial score (nSPS) is 21.0. The highest BCUT2D eigenvalue weighted by Gasteiger charge is 2.34. The van der Waals surface area contributed by atoms with E-state index < -0.39 is 7.42 Å². The van der Waals surface area contributed by atoms with Crippen LogP contribution in [-0.2, 0) is 4.79 Å². The quantitative estimate of drug-likeness (QED) is 0.735. The Balaban J connectivity index is 2.78. The zero-order chi connectivity index (χ0) is 11.4. The molecule has 0 aromatic rings. The number of nitrogens with zero attached hydrogens (tertiary/aromatic N) is 3. The molecule has 1 aliphatic heterocycles. The molecular weight excluding hydrogens is 249 g/mol.